The molecule has 0 aliphatic heterocycles. The Bertz CT molecular complexity index is 1220. The van der Waals surface area contributed by atoms with Crippen molar-refractivity contribution in [3.8, 4) is 23.0 Å². The number of rotatable bonds is 5. The number of nitrogens with zero attached hydrogens (tertiary/aromatic N) is 1. The van der Waals surface area contributed by atoms with Crippen molar-refractivity contribution < 1.29 is 9.53 Å². The van der Waals surface area contributed by atoms with Crippen molar-refractivity contribution in [3.05, 3.63) is 70.2 Å². The number of hydrogen-bond acceptors (Lipinski definition) is 3. The van der Waals surface area contributed by atoms with Crippen LogP contribution in [0.2, 0.25) is 5.02 Å². The Kier molecular flexibility index (Phi) is 7.65. The van der Waals surface area contributed by atoms with Crippen molar-refractivity contribution in [1.29, 1.82) is 0 Å². The van der Waals surface area contributed by atoms with Gasteiger partial charge >= 0.3 is 0 Å². The second kappa shape index (κ2) is 10.1. The van der Waals surface area contributed by atoms with E-state index in [0.29, 0.717) is 11.6 Å². The third kappa shape index (κ3) is 6.03. The van der Waals surface area contributed by atoms with E-state index in [0.717, 1.165) is 38.6 Å². The van der Waals surface area contributed by atoms with Crippen LogP contribution >= 0.6 is 11.6 Å². The molecule has 0 bridgehead atoms. The molecule has 0 fully saturated rings. The highest BCUT2D eigenvalue weighted by molar-refractivity contribution is 6.30. The number of aryl methyl sites for hydroxylation is 1. The summed E-state index contributed by atoms with van der Waals surface area (Å²) in [4.78, 5) is 14.9. The zero-order valence-electron chi connectivity index (χ0n) is 20.5. The van der Waals surface area contributed by atoms with Crippen molar-refractivity contribution in [1.82, 2.24) is 4.90 Å². The summed E-state index contributed by atoms with van der Waals surface area (Å²) in [5.74, 6) is 6.55. The van der Waals surface area contributed by atoms with Crippen LogP contribution in [0.3, 0.4) is 0 Å². The van der Waals surface area contributed by atoms with E-state index >= 15 is 0 Å². The Morgan fingerprint density at radius 2 is 1.76 bits per heavy atom. The first-order chi connectivity index (χ1) is 15.5. The minimum atomic E-state index is -0.677. The second-order valence-electron chi connectivity index (χ2n) is 9.65. The quantitative estimate of drug-likeness (QED) is 0.390. The highest BCUT2D eigenvalue weighted by atomic mass is 35.5. The molecule has 172 valence electrons. The van der Waals surface area contributed by atoms with E-state index in [9.17, 15) is 4.79 Å². The van der Waals surface area contributed by atoms with Crippen LogP contribution < -0.4 is 0 Å². The van der Waals surface area contributed by atoms with Gasteiger partial charge in [0.05, 0.1) is 12.1 Å². The lowest BCUT2D eigenvalue weighted by molar-refractivity contribution is -0.138. The van der Waals surface area contributed by atoms with Gasteiger partial charge in [-0.25, -0.2) is 0 Å². The minimum Gasteiger partial charge on any atom is -0.360 e. The molecule has 0 amide bonds. The predicted octanol–water partition coefficient (Wildman–Crippen LogP) is 6.83. The van der Waals surface area contributed by atoms with Gasteiger partial charge in [-0.1, -0.05) is 47.7 Å². The summed E-state index contributed by atoms with van der Waals surface area (Å²) >= 11 is 6.20. The van der Waals surface area contributed by atoms with Gasteiger partial charge in [0.2, 0.25) is 0 Å². The van der Waals surface area contributed by atoms with Gasteiger partial charge in [0.25, 0.3) is 0 Å². The molecular weight excluding hydrogens is 430 g/mol. The third-order valence-electron chi connectivity index (χ3n) is 5.28. The minimum absolute atomic E-state index is 0.0236. The van der Waals surface area contributed by atoms with Gasteiger partial charge in [0.15, 0.2) is 5.78 Å². The molecule has 0 aromatic heterocycles. The molecule has 33 heavy (non-hydrogen) atoms. The Morgan fingerprint density at radius 3 is 2.33 bits per heavy atom. The molecule has 0 N–H and O–H groups in total. The molecule has 0 aliphatic carbocycles. The van der Waals surface area contributed by atoms with Crippen molar-refractivity contribution in [2.45, 2.75) is 46.3 Å². The first-order valence-electron chi connectivity index (χ1n) is 11.1. The lowest BCUT2D eigenvalue weighted by Crippen LogP contribution is -2.27. The first kappa shape index (κ1) is 25.0. The summed E-state index contributed by atoms with van der Waals surface area (Å²) in [7, 11) is 4.01. The SMILES string of the molecule is CC(=O)C(OC(C)(C)C)c1c(C)cc2c(C#CCN(C)C)cccc2c1-c1ccc(Cl)cc1. The van der Waals surface area contributed by atoms with Crippen LogP contribution in [0.5, 0.6) is 0 Å². The van der Waals surface area contributed by atoms with Crippen LogP contribution in [0, 0.1) is 18.8 Å². The Labute approximate surface area is 202 Å². The van der Waals surface area contributed by atoms with Crippen molar-refractivity contribution in [2.75, 3.05) is 20.6 Å². The topological polar surface area (TPSA) is 29.5 Å². The van der Waals surface area contributed by atoms with Crippen molar-refractivity contribution in [2.24, 2.45) is 0 Å². The molecule has 0 radical (unpaired) electrons. The summed E-state index contributed by atoms with van der Waals surface area (Å²) in [5.41, 5.74) is 4.36. The number of ketones is 1. The van der Waals surface area contributed by atoms with Gasteiger partial charge in [0, 0.05) is 10.6 Å². The van der Waals surface area contributed by atoms with E-state index in [1.807, 2.05) is 83.1 Å². The molecule has 1 unspecified atom stereocenters. The van der Waals surface area contributed by atoms with Gasteiger partial charge in [0.1, 0.15) is 6.10 Å². The van der Waals surface area contributed by atoms with Gasteiger partial charge in [-0.2, -0.15) is 0 Å². The van der Waals surface area contributed by atoms with Gasteiger partial charge in [-0.05, 0) is 106 Å². The number of hydrogen-bond donors (Lipinski definition) is 0. The number of carbonyl (C=O) groups excluding carboxylic acids is 1. The summed E-state index contributed by atoms with van der Waals surface area (Å²) in [5, 5.41) is 2.77. The average Bonchev–Trinajstić information content (AvgIpc) is 2.71. The largest absolute Gasteiger partial charge is 0.360 e. The molecule has 0 saturated heterocycles. The molecule has 3 aromatic rings. The van der Waals surface area contributed by atoms with E-state index in [2.05, 4.69) is 24.0 Å². The summed E-state index contributed by atoms with van der Waals surface area (Å²) in [6.45, 7) is 10.2. The van der Waals surface area contributed by atoms with Gasteiger partial charge in [-0.3, -0.25) is 9.69 Å². The van der Waals surface area contributed by atoms with E-state index in [4.69, 9.17) is 16.3 Å². The molecule has 0 spiro atoms. The predicted molar refractivity (Wildman–Crippen MR) is 139 cm³/mol. The molecule has 4 heteroatoms. The van der Waals surface area contributed by atoms with E-state index in [1.165, 1.54) is 0 Å². The maximum Gasteiger partial charge on any atom is 0.163 e. The van der Waals surface area contributed by atoms with Crippen molar-refractivity contribution >= 4 is 28.2 Å². The maximum atomic E-state index is 12.8. The van der Waals surface area contributed by atoms with Crippen LogP contribution in [0.25, 0.3) is 21.9 Å². The monoisotopic (exact) mass is 461 g/mol. The smallest absolute Gasteiger partial charge is 0.163 e. The highest BCUT2D eigenvalue weighted by Gasteiger charge is 2.29. The number of fused-ring (bicyclic) bond motifs is 1. The van der Waals surface area contributed by atoms with Crippen LogP contribution in [0.15, 0.2) is 48.5 Å². The van der Waals surface area contributed by atoms with Crippen LogP contribution in [-0.4, -0.2) is 36.9 Å². The number of carbonyl (C=O) groups is 1. The molecule has 0 aliphatic rings. The second-order valence-corrected chi connectivity index (χ2v) is 10.1. The highest BCUT2D eigenvalue weighted by Crippen LogP contribution is 2.41. The van der Waals surface area contributed by atoms with Crippen LogP contribution in [0.1, 0.15) is 50.5 Å². The number of Topliss-reactive ketones (excluding diaryl/α,β-unsaturated/α-hetero) is 1. The summed E-state index contributed by atoms with van der Waals surface area (Å²) in [6, 6.07) is 16.0. The van der Waals surface area contributed by atoms with Crippen LogP contribution in [0.4, 0.5) is 0 Å². The van der Waals surface area contributed by atoms with Crippen LogP contribution in [-0.2, 0) is 9.53 Å². The zero-order valence-corrected chi connectivity index (χ0v) is 21.3. The van der Waals surface area contributed by atoms with E-state index < -0.39 is 11.7 Å². The maximum absolute atomic E-state index is 12.8. The molecule has 0 heterocycles. The zero-order chi connectivity index (χ0) is 24.3. The standard InChI is InChI=1S/C29H32ClNO2/c1-19-18-25-21(11-9-17-31(6)7)10-8-12-24(25)27(22-13-15-23(30)16-14-22)26(19)28(20(2)32)33-29(3,4)5/h8,10,12-16,18,28H,17H2,1-7H3. The lowest BCUT2D eigenvalue weighted by Gasteiger charge is -2.29. The number of halogens is 1. The Balaban J connectivity index is 2.38. The fraction of sp³-hybridized carbons (Fsp3) is 0.345. The molecule has 3 aromatic carbocycles. The average molecular weight is 462 g/mol. The number of benzene rings is 3. The molecule has 1 atom stereocenters. The Hall–Kier alpha value is -2.64. The molecule has 3 rings (SSSR count). The lowest BCUT2D eigenvalue weighted by atomic mass is 9.85. The van der Waals surface area contributed by atoms with Gasteiger partial charge in [-0.15, -0.1) is 0 Å². The van der Waals surface area contributed by atoms with Crippen molar-refractivity contribution in [3.63, 3.8) is 0 Å². The fourth-order valence-corrected chi connectivity index (χ4v) is 4.07. The summed E-state index contributed by atoms with van der Waals surface area (Å²) in [6.07, 6.45) is -0.677. The number of ether oxygens (including phenoxy) is 1. The first-order valence-corrected chi connectivity index (χ1v) is 11.5. The third-order valence-corrected chi connectivity index (χ3v) is 5.54. The molecule has 3 nitrogen and oxygen atoms in total. The van der Waals surface area contributed by atoms with E-state index in [-0.39, 0.29) is 5.78 Å². The summed E-state index contributed by atoms with van der Waals surface area (Å²) < 4.78 is 6.31. The van der Waals surface area contributed by atoms with E-state index in [1.54, 1.807) is 6.92 Å². The Morgan fingerprint density at radius 1 is 1.09 bits per heavy atom. The normalized spacial score (nSPS) is 12.5. The molecular formula is C29H32ClNO2. The molecule has 0 saturated carbocycles. The fourth-order valence-electron chi connectivity index (χ4n) is 3.94. The van der Waals surface area contributed by atoms with Gasteiger partial charge < -0.3 is 4.74 Å².